The molecule has 0 aromatic heterocycles. The minimum absolute atomic E-state index is 0. The molecule has 0 amide bonds. The summed E-state index contributed by atoms with van der Waals surface area (Å²) >= 11 is 0. The summed E-state index contributed by atoms with van der Waals surface area (Å²) < 4.78 is 46.5. The molecule has 1 saturated heterocycles. The number of carbonyl (C=O) groups excluding carboxylic acids is 2. The highest BCUT2D eigenvalue weighted by molar-refractivity contribution is 6.01. The Hall–Kier alpha value is -3.24. The van der Waals surface area contributed by atoms with Gasteiger partial charge in [-0.25, -0.2) is 8.78 Å². The Bertz CT molecular complexity index is 1670. The molecule has 5 aliphatic rings. The number of anilines is 1. The highest BCUT2D eigenvalue weighted by atomic mass is 19.1. The van der Waals surface area contributed by atoms with E-state index in [-0.39, 0.29) is 32.3 Å². The zero-order valence-electron chi connectivity index (χ0n) is 28.2. The fourth-order valence-electron chi connectivity index (χ4n) is 9.89. The second kappa shape index (κ2) is 12.2. The number of alkyl halides is 2. The van der Waals surface area contributed by atoms with E-state index >= 15 is 8.78 Å². The maximum atomic E-state index is 17.6. The second-order valence-electron chi connectivity index (χ2n) is 15.3. The van der Waals surface area contributed by atoms with Gasteiger partial charge in [-0.05, 0) is 93.4 Å². The van der Waals surface area contributed by atoms with E-state index in [1.165, 1.54) is 17.7 Å². The Morgan fingerprint density at radius 3 is 2.29 bits per heavy atom. The quantitative estimate of drug-likeness (QED) is 0.350. The van der Waals surface area contributed by atoms with Crippen LogP contribution in [-0.4, -0.2) is 71.1 Å². The van der Waals surface area contributed by atoms with Crippen LogP contribution in [0.1, 0.15) is 77.4 Å². The van der Waals surface area contributed by atoms with E-state index in [1.54, 1.807) is 13.8 Å². The van der Waals surface area contributed by atoms with E-state index in [1.807, 2.05) is 24.3 Å². The molecule has 2 aromatic rings. The first kappa shape index (κ1) is 35.6. The summed E-state index contributed by atoms with van der Waals surface area (Å²) in [6.07, 6.45) is -0.609. The van der Waals surface area contributed by atoms with Crippen LogP contribution in [-0.2, 0) is 25.5 Å². The molecular weight excluding hydrogens is 628 g/mol. The zero-order valence-corrected chi connectivity index (χ0v) is 28.2. The number of benzene rings is 2. The predicted octanol–water partition coefficient (Wildman–Crippen LogP) is 6.40. The minimum Gasteiger partial charge on any atom is -0.390 e. The molecule has 49 heavy (non-hydrogen) atoms. The minimum atomic E-state index is -2.29. The summed E-state index contributed by atoms with van der Waals surface area (Å²) in [5.41, 5.74) is -2.49. The van der Waals surface area contributed by atoms with Crippen LogP contribution in [0, 0.1) is 22.7 Å². The molecule has 0 bridgehead atoms. The monoisotopic (exact) mass is 677 g/mol. The average Bonchev–Trinajstić information content (AvgIpc) is 3.56. The van der Waals surface area contributed by atoms with Crippen LogP contribution in [0.5, 0.6) is 0 Å². The number of fused-ring (bicyclic) bond motifs is 7. The number of ketones is 2. The maximum Gasteiger partial charge on any atom is 0.193 e. The summed E-state index contributed by atoms with van der Waals surface area (Å²) in [7, 11) is 2.07. The summed E-state index contributed by atoms with van der Waals surface area (Å²) in [6.45, 7) is 6.81. The third-order valence-electron chi connectivity index (χ3n) is 12.7. The van der Waals surface area contributed by atoms with Gasteiger partial charge in [-0.15, -0.1) is 0 Å². The molecule has 2 N–H and O–H groups in total. The maximum absolute atomic E-state index is 17.6. The lowest BCUT2D eigenvalue weighted by molar-refractivity contribution is -0.235. The van der Waals surface area contributed by atoms with Crippen molar-refractivity contribution in [1.82, 2.24) is 0 Å². The number of rotatable bonds is 7. The van der Waals surface area contributed by atoms with Crippen LogP contribution in [0.4, 0.5) is 14.5 Å². The molecule has 1 heterocycles. The second-order valence-corrected chi connectivity index (χ2v) is 15.3. The number of aliphatic hydroxyl groups is 2. The van der Waals surface area contributed by atoms with E-state index in [4.69, 9.17) is 9.47 Å². The van der Waals surface area contributed by atoms with Crippen molar-refractivity contribution in [1.29, 1.82) is 0 Å². The van der Waals surface area contributed by atoms with E-state index in [2.05, 4.69) is 50.1 Å². The third-order valence-corrected chi connectivity index (χ3v) is 12.7. The number of allylic oxidation sites excluding steroid dienone is 4. The van der Waals surface area contributed by atoms with Crippen molar-refractivity contribution in [3.8, 4) is 0 Å². The number of nitrogens with zero attached hydrogens (tertiary/aromatic N) is 1. The van der Waals surface area contributed by atoms with Gasteiger partial charge in [0, 0.05) is 41.1 Å². The highest BCUT2D eigenvalue weighted by Gasteiger charge is 2.80. The molecule has 9 heteroatoms. The van der Waals surface area contributed by atoms with E-state index in [0.717, 1.165) is 23.7 Å². The predicted molar refractivity (Wildman–Crippen MR) is 183 cm³/mol. The third kappa shape index (κ3) is 4.94. The van der Waals surface area contributed by atoms with Gasteiger partial charge in [0.2, 0.25) is 0 Å². The molecule has 4 fully saturated rings. The van der Waals surface area contributed by atoms with E-state index in [9.17, 15) is 19.8 Å². The van der Waals surface area contributed by atoms with Gasteiger partial charge in [-0.3, -0.25) is 9.59 Å². The lowest BCUT2D eigenvalue weighted by Gasteiger charge is -2.63. The van der Waals surface area contributed by atoms with Gasteiger partial charge in [0.1, 0.15) is 12.8 Å². The molecule has 264 valence electrons. The van der Waals surface area contributed by atoms with Crippen LogP contribution < -0.4 is 4.90 Å². The Morgan fingerprint density at radius 1 is 1.04 bits per heavy atom. The molecule has 1 aliphatic heterocycles. The summed E-state index contributed by atoms with van der Waals surface area (Å²) in [5, 5.41) is 21.9. The molecule has 0 radical (unpaired) electrons. The Kier molecular flexibility index (Phi) is 8.87. The SMILES string of the molecule is C.CC(C)N(C)c1ccc(Cc2ccc([C@H]3O[C@@H]4C[C@H]5[C@@H]6C[C@H](F)C7=CC(=O)C=C[C@]7(C)[C@@]6(F)[C@@H](O)C[C@]5(C)[C@]4(C(=O)CO)O3)cc2)cc1. The van der Waals surface area contributed by atoms with Gasteiger partial charge in [-0.1, -0.05) is 56.8 Å². The number of hydrogen-bond donors (Lipinski definition) is 2. The van der Waals surface area contributed by atoms with Crippen LogP contribution in [0.3, 0.4) is 0 Å². The molecule has 0 spiro atoms. The number of hydrogen-bond acceptors (Lipinski definition) is 7. The van der Waals surface area contributed by atoms with Gasteiger partial charge in [0.15, 0.2) is 29.1 Å². The Labute approximate surface area is 288 Å². The normalized spacial score (nSPS) is 39.0. The topological polar surface area (TPSA) is 96.3 Å². The van der Waals surface area contributed by atoms with E-state index < -0.39 is 76.8 Å². The van der Waals surface area contributed by atoms with Crippen LogP contribution in [0.25, 0.3) is 0 Å². The summed E-state index contributed by atoms with van der Waals surface area (Å²) in [6, 6.07) is 16.7. The number of carbonyl (C=O) groups is 2. The molecule has 2 aromatic carbocycles. The van der Waals surface area contributed by atoms with Crippen LogP contribution in [0.2, 0.25) is 0 Å². The lowest BCUT2D eigenvalue weighted by Crippen LogP contribution is -2.70. The van der Waals surface area contributed by atoms with Crippen LogP contribution in [0.15, 0.2) is 72.3 Å². The zero-order chi connectivity index (χ0) is 34.4. The molecule has 7 rings (SSSR count). The number of halogens is 2. The number of Topliss-reactive ketones (excluding diaryl/α,β-unsaturated/α-hetero) is 1. The summed E-state index contributed by atoms with van der Waals surface area (Å²) in [4.78, 5) is 28.2. The van der Waals surface area contributed by atoms with Gasteiger partial charge >= 0.3 is 0 Å². The Balaban J connectivity index is 0.00000417. The van der Waals surface area contributed by atoms with Crippen molar-refractivity contribution in [2.75, 3.05) is 18.6 Å². The van der Waals surface area contributed by atoms with Gasteiger partial charge < -0.3 is 24.6 Å². The van der Waals surface area contributed by atoms with Crippen molar-refractivity contribution in [3.63, 3.8) is 0 Å². The number of aliphatic hydroxyl groups excluding tert-OH is 2. The van der Waals surface area contributed by atoms with E-state index in [0.29, 0.717) is 11.6 Å². The fourth-order valence-corrected chi connectivity index (χ4v) is 9.89. The first-order valence-corrected chi connectivity index (χ1v) is 17.0. The van der Waals surface area contributed by atoms with Gasteiger partial charge in [0.05, 0.1) is 12.2 Å². The molecule has 0 unspecified atom stereocenters. The largest absolute Gasteiger partial charge is 0.390 e. The molecular formula is C40H49F2NO6. The first-order chi connectivity index (χ1) is 22.7. The lowest BCUT2D eigenvalue weighted by atomic mass is 9.44. The van der Waals surface area contributed by atoms with Crippen molar-refractivity contribution in [3.05, 3.63) is 89.0 Å². The molecule has 7 nitrogen and oxygen atoms in total. The van der Waals surface area contributed by atoms with Crippen molar-refractivity contribution in [2.45, 2.75) is 103 Å². The Morgan fingerprint density at radius 2 is 1.67 bits per heavy atom. The molecule has 4 aliphatic carbocycles. The standard InChI is InChI=1S/C39H45F2NO6.CH4/c1-22(2)42(5)26-12-8-24(9-13-26)16-23-6-10-25(11-7-23)35-47-34-19-28-29-18-31(40)30-17-27(44)14-15-36(30,3)38(29,41)32(45)20-37(28,4)39(34,48-35)33(46)21-43;/h6-15,17,22,28-29,31-32,34-35,43,45H,16,18-21H2,1-5H3;1H4/t28-,29-,31-,32-,34+,35-,36-,37-,38-,39+;/m0./s1. The highest BCUT2D eigenvalue weighted by Crippen LogP contribution is 2.72. The molecule has 3 saturated carbocycles. The smallest absolute Gasteiger partial charge is 0.193 e. The van der Waals surface area contributed by atoms with Crippen molar-refractivity contribution in [2.24, 2.45) is 22.7 Å². The van der Waals surface area contributed by atoms with Crippen LogP contribution >= 0.6 is 0 Å². The number of ether oxygens (including phenoxy) is 2. The van der Waals surface area contributed by atoms with Gasteiger partial charge in [-0.2, -0.15) is 0 Å². The fraction of sp³-hybridized carbons (Fsp3) is 0.550. The van der Waals surface area contributed by atoms with Crippen molar-refractivity contribution < 1.29 is 38.1 Å². The van der Waals surface area contributed by atoms with Gasteiger partial charge in [0.25, 0.3) is 0 Å². The molecule has 10 atom stereocenters. The first-order valence-electron chi connectivity index (χ1n) is 17.0. The average molecular weight is 678 g/mol. The summed E-state index contributed by atoms with van der Waals surface area (Å²) in [5.74, 6) is -2.58. The van der Waals surface area contributed by atoms with Crippen molar-refractivity contribution >= 4 is 17.3 Å².